The number of rotatable bonds is 7. The average molecular weight is 288 g/mol. The second kappa shape index (κ2) is 8.55. The first-order valence-electron chi connectivity index (χ1n) is 8.71. The number of piperidine rings is 1. The van der Waals surface area contributed by atoms with Gasteiger partial charge in [0.05, 0.1) is 0 Å². The van der Waals surface area contributed by atoms with Crippen molar-refractivity contribution < 1.29 is 0 Å². The molecule has 2 nitrogen and oxygen atoms in total. The fraction of sp³-hybridized carbons (Fsp3) is 0.684. The summed E-state index contributed by atoms with van der Waals surface area (Å²) in [5.74, 6) is 1.58. The maximum absolute atomic E-state index is 3.90. The molecule has 1 unspecified atom stereocenters. The highest BCUT2D eigenvalue weighted by molar-refractivity contribution is 5.19. The molecule has 0 aromatic heterocycles. The van der Waals surface area contributed by atoms with E-state index >= 15 is 0 Å². The Morgan fingerprint density at radius 1 is 1.10 bits per heavy atom. The van der Waals surface area contributed by atoms with E-state index in [1.807, 2.05) is 0 Å². The highest BCUT2D eigenvalue weighted by atomic mass is 15.1. The van der Waals surface area contributed by atoms with Gasteiger partial charge in [-0.15, -0.1) is 0 Å². The van der Waals surface area contributed by atoms with Crippen LogP contribution >= 0.6 is 0 Å². The van der Waals surface area contributed by atoms with Gasteiger partial charge in [0, 0.05) is 6.04 Å². The highest BCUT2D eigenvalue weighted by Crippen LogP contribution is 2.28. The van der Waals surface area contributed by atoms with Crippen LogP contribution in [0.25, 0.3) is 0 Å². The van der Waals surface area contributed by atoms with E-state index in [9.17, 15) is 0 Å². The van der Waals surface area contributed by atoms with Crippen LogP contribution in [0.2, 0.25) is 0 Å². The third-order valence-corrected chi connectivity index (χ3v) is 5.14. The van der Waals surface area contributed by atoms with Crippen molar-refractivity contribution in [2.45, 2.75) is 45.6 Å². The molecule has 1 fully saturated rings. The predicted octanol–water partition coefficient (Wildman–Crippen LogP) is 4.10. The molecule has 1 heterocycles. The summed E-state index contributed by atoms with van der Waals surface area (Å²) in [6.45, 7) is 8.33. The van der Waals surface area contributed by atoms with E-state index in [4.69, 9.17) is 0 Å². The number of nitrogens with one attached hydrogen (secondary N) is 1. The maximum Gasteiger partial charge on any atom is 0.0348 e. The van der Waals surface area contributed by atoms with Crippen LogP contribution in [0.5, 0.6) is 0 Å². The Balaban J connectivity index is 1.96. The van der Waals surface area contributed by atoms with Gasteiger partial charge in [0.1, 0.15) is 0 Å². The molecule has 118 valence electrons. The minimum atomic E-state index is 0.515. The number of hydrogen-bond acceptors (Lipinski definition) is 2. The number of nitrogens with zero attached hydrogens (tertiary/aromatic N) is 1. The van der Waals surface area contributed by atoms with Crippen molar-refractivity contribution in [1.82, 2.24) is 10.2 Å². The van der Waals surface area contributed by atoms with Gasteiger partial charge >= 0.3 is 0 Å². The lowest BCUT2D eigenvalue weighted by Crippen LogP contribution is -2.37. The van der Waals surface area contributed by atoms with Crippen LogP contribution < -0.4 is 5.32 Å². The summed E-state index contributed by atoms with van der Waals surface area (Å²) >= 11 is 0. The Morgan fingerprint density at radius 2 is 1.71 bits per heavy atom. The molecule has 0 aliphatic carbocycles. The quantitative estimate of drug-likeness (QED) is 0.813. The minimum absolute atomic E-state index is 0.515. The molecule has 21 heavy (non-hydrogen) atoms. The third-order valence-electron chi connectivity index (χ3n) is 5.14. The molecule has 1 aromatic rings. The first kappa shape index (κ1) is 16.5. The Labute approximate surface area is 130 Å². The van der Waals surface area contributed by atoms with Crippen molar-refractivity contribution in [2.24, 2.45) is 11.8 Å². The fourth-order valence-corrected chi connectivity index (χ4v) is 3.54. The Hall–Kier alpha value is -0.860. The first-order valence-corrected chi connectivity index (χ1v) is 8.71. The highest BCUT2D eigenvalue weighted by Gasteiger charge is 2.22. The lowest BCUT2D eigenvalue weighted by Gasteiger charge is -2.32. The molecule has 1 aliphatic heterocycles. The molecule has 0 amide bonds. The maximum atomic E-state index is 3.90. The van der Waals surface area contributed by atoms with Gasteiger partial charge in [-0.25, -0.2) is 0 Å². The Morgan fingerprint density at radius 3 is 2.29 bits per heavy atom. The molecule has 0 radical (unpaired) electrons. The molecular formula is C19H32N2. The van der Waals surface area contributed by atoms with E-state index < -0.39 is 0 Å². The van der Waals surface area contributed by atoms with Crippen LogP contribution in [0.4, 0.5) is 0 Å². The van der Waals surface area contributed by atoms with Crippen LogP contribution in [-0.2, 0) is 0 Å². The van der Waals surface area contributed by atoms with Crippen molar-refractivity contribution in [3.05, 3.63) is 35.9 Å². The first-order chi connectivity index (χ1) is 10.2. The van der Waals surface area contributed by atoms with Gasteiger partial charge in [-0.3, -0.25) is 0 Å². The lowest BCUT2D eigenvalue weighted by atomic mass is 9.88. The van der Waals surface area contributed by atoms with Gasteiger partial charge in [0.25, 0.3) is 0 Å². The van der Waals surface area contributed by atoms with E-state index in [0.29, 0.717) is 6.04 Å². The van der Waals surface area contributed by atoms with Gasteiger partial charge in [-0.1, -0.05) is 57.0 Å². The molecule has 1 atom stereocenters. The molecule has 0 spiro atoms. The summed E-state index contributed by atoms with van der Waals surface area (Å²) in [5.41, 5.74) is 1.46. The van der Waals surface area contributed by atoms with Crippen molar-refractivity contribution in [3.8, 4) is 0 Å². The number of benzene rings is 1. The van der Waals surface area contributed by atoms with Crippen LogP contribution in [0.15, 0.2) is 30.3 Å². The van der Waals surface area contributed by atoms with E-state index in [-0.39, 0.29) is 0 Å². The van der Waals surface area contributed by atoms with Crippen molar-refractivity contribution in [1.29, 1.82) is 0 Å². The monoisotopic (exact) mass is 288 g/mol. The molecule has 1 aromatic carbocycles. The molecule has 1 N–H and O–H groups in total. The molecule has 1 saturated heterocycles. The number of likely N-dealkylation sites (tertiary alicyclic amines) is 1. The SMILES string of the molecule is CCC(CC)C(NCC1CCN(C)CC1)c1ccccc1. The van der Waals surface area contributed by atoms with E-state index in [0.717, 1.165) is 11.8 Å². The molecule has 0 saturated carbocycles. The summed E-state index contributed by atoms with van der Waals surface area (Å²) in [5, 5.41) is 3.90. The van der Waals surface area contributed by atoms with Crippen LogP contribution in [0.3, 0.4) is 0 Å². The summed E-state index contributed by atoms with van der Waals surface area (Å²) in [6.07, 6.45) is 5.18. The molecule has 2 heteroatoms. The predicted molar refractivity (Wildman–Crippen MR) is 91.5 cm³/mol. The second-order valence-corrected chi connectivity index (χ2v) is 6.62. The third kappa shape index (κ3) is 4.82. The average Bonchev–Trinajstić information content (AvgIpc) is 2.54. The summed E-state index contributed by atoms with van der Waals surface area (Å²) in [7, 11) is 2.24. The molecule has 0 bridgehead atoms. The Bertz CT molecular complexity index is 378. The van der Waals surface area contributed by atoms with Gasteiger partial charge in [-0.05, 0) is 56.9 Å². The summed E-state index contributed by atoms with van der Waals surface area (Å²) in [6, 6.07) is 11.5. The topological polar surface area (TPSA) is 15.3 Å². The van der Waals surface area contributed by atoms with Crippen LogP contribution in [-0.4, -0.2) is 31.6 Å². The van der Waals surface area contributed by atoms with Gasteiger partial charge in [0.2, 0.25) is 0 Å². The zero-order valence-corrected chi connectivity index (χ0v) is 14.0. The number of hydrogen-bond donors (Lipinski definition) is 1. The fourth-order valence-electron chi connectivity index (χ4n) is 3.54. The Kier molecular flexibility index (Phi) is 6.72. The molecular weight excluding hydrogens is 256 g/mol. The van der Waals surface area contributed by atoms with E-state index in [2.05, 4.69) is 61.4 Å². The summed E-state index contributed by atoms with van der Waals surface area (Å²) in [4.78, 5) is 2.45. The minimum Gasteiger partial charge on any atom is -0.309 e. The van der Waals surface area contributed by atoms with Crippen molar-refractivity contribution in [2.75, 3.05) is 26.7 Å². The smallest absolute Gasteiger partial charge is 0.0348 e. The van der Waals surface area contributed by atoms with Gasteiger partial charge in [0.15, 0.2) is 0 Å². The van der Waals surface area contributed by atoms with Crippen LogP contribution in [0.1, 0.15) is 51.1 Å². The van der Waals surface area contributed by atoms with Gasteiger partial charge < -0.3 is 10.2 Å². The van der Waals surface area contributed by atoms with Gasteiger partial charge in [-0.2, -0.15) is 0 Å². The lowest BCUT2D eigenvalue weighted by molar-refractivity contribution is 0.205. The van der Waals surface area contributed by atoms with E-state index in [1.54, 1.807) is 0 Å². The molecule has 2 rings (SSSR count). The standard InChI is InChI=1S/C19H32N2/c1-4-17(5-2)19(18-9-7-6-8-10-18)20-15-16-11-13-21(3)14-12-16/h6-10,16-17,19-20H,4-5,11-15H2,1-3H3. The normalized spacial score (nSPS) is 19.0. The molecule has 1 aliphatic rings. The van der Waals surface area contributed by atoms with Crippen molar-refractivity contribution in [3.63, 3.8) is 0 Å². The van der Waals surface area contributed by atoms with Crippen LogP contribution in [0, 0.1) is 11.8 Å². The zero-order chi connectivity index (χ0) is 15.1. The zero-order valence-electron chi connectivity index (χ0n) is 14.0. The van der Waals surface area contributed by atoms with E-state index in [1.165, 1.54) is 50.9 Å². The largest absolute Gasteiger partial charge is 0.309 e. The summed E-state index contributed by atoms with van der Waals surface area (Å²) < 4.78 is 0. The second-order valence-electron chi connectivity index (χ2n) is 6.62. The van der Waals surface area contributed by atoms with Crippen molar-refractivity contribution >= 4 is 0 Å².